The monoisotopic (exact) mass is 441 g/mol. The number of carbonyl (C=O) groups is 1. The van der Waals surface area contributed by atoms with Gasteiger partial charge in [-0.1, -0.05) is 30.3 Å². The second kappa shape index (κ2) is 10.3. The van der Waals surface area contributed by atoms with Gasteiger partial charge in [0.25, 0.3) is 0 Å². The van der Waals surface area contributed by atoms with E-state index in [9.17, 15) is 9.90 Å². The molecule has 1 N–H and O–H groups in total. The molecule has 1 fully saturated rings. The van der Waals surface area contributed by atoms with E-state index < -0.39 is 6.04 Å². The quantitative estimate of drug-likeness (QED) is 0.677. The van der Waals surface area contributed by atoms with Crippen molar-refractivity contribution in [3.8, 4) is 11.5 Å². The predicted octanol–water partition coefficient (Wildman–Crippen LogP) is 3.41. The molecule has 7 nitrogen and oxygen atoms in total. The van der Waals surface area contributed by atoms with Crippen LogP contribution in [0.4, 0.5) is 0 Å². The summed E-state index contributed by atoms with van der Waals surface area (Å²) < 4.78 is 22.5. The van der Waals surface area contributed by atoms with Crippen LogP contribution in [0.25, 0.3) is 0 Å². The van der Waals surface area contributed by atoms with E-state index in [0.29, 0.717) is 37.6 Å². The molecular weight excluding hydrogens is 410 g/mol. The maximum atomic E-state index is 13.4. The van der Waals surface area contributed by atoms with Gasteiger partial charge in [0.1, 0.15) is 0 Å². The molecule has 2 aliphatic rings. The fourth-order valence-electron chi connectivity index (χ4n) is 4.69. The van der Waals surface area contributed by atoms with Crippen LogP contribution in [-0.2, 0) is 20.7 Å². The Bertz CT molecular complexity index is 912. The second-order valence-electron chi connectivity index (χ2n) is 8.11. The third-order valence-corrected chi connectivity index (χ3v) is 6.23. The molecule has 1 saturated heterocycles. The van der Waals surface area contributed by atoms with Gasteiger partial charge in [-0.2, -0.15) is 0 Å². The summed E-state index contributed by atoms with van der Waals surface area (Å²) in [4.78, 5) is 15.3. The molecule has 32 heavy (non-hydrogen) atoms. The number of rotatable bonds is 8. The number of aliphatic hydroxyl groups is 1. The number of carbonyl (C=O) groups excluding carboxylic acids is 1. The van der Waals surface area contributed by atoms with Crippen molar-refractivity contribution in [2.45, 2.75) is 44.1 Å². The van der Waals surface area contributed by atoms with E-state index in [4.69, 9.17) is 18.9 Å². The topological polar surface area (TPSA) is 77.5 Å². The lowest BCUT2D eigenvalue weighted by molar-refractivity contribution is -0.183. The van der Waals surface area contributed by atoms with Crippen LogP contribution in [0.15, 0.2) is 42.5 Å². The van der Waals surface area contributed by atoms with Gasteiger partial charge in [0.2, 0.25) is 5.91 Å². The van der Waals surface area contributed by atoms with Gasteiger partial charge in [-0.05, 0) is 41.7 Å². The highest BCUT2D eigenvalue weighted by Gasteiger charge is 2.38. The van der Waals surface area contributed by atoms with Crippen LogP contribution in [0.1, 0.15) is 48.0 Å². The summed E-state index contributed by atoms with van der Waals surface area (Å²) in [5.74, 6) is 1.20. The molecule has 0 aromatic heterocycles. The number of benzene rings is 2. The summed E-state index contributed by atoms with van der Waals surface area (Å²) in [6.45, 7) is 1.21. The average molecular weight is 442 g/mol. The van der Waals surface area contributed by atoms with Gasteiger partial charge < -0.3 is 29.0 Å². The summed E-state index contributed by atoms with van der Waals surface area (Å²) in [6, 6.07) is 12.8. The minimum absolute atomic E-state index is 0.0249. The molecule has 0 radical (unpaired) electrons. The van der Waals surface area contributed by atoms with Crippen LogP contribution in [-0.4, -0.2) is 56.2 Å². The van der Waals surface area contributed by atoms with Gasteiger partial charge in [0.15, 0.2) is 17.8 Å². The summed E-state index contributed by atoms with van der Waals surface area (Å²) in [6.07, 6.45) is 2.14. The normalized spacial score (nSPS) is 20.0. The fourth-order valence-corrected chi connectivity index (χ4v) is 4.69. The van der Waals surface area contributed by atoms with Crippen LogP contribution in [0.3, 0.4) is 0 Å². The molecule has 2 aliphatic heterocycles. The molecule has 0 aliphatic carbocycles. The van der Waals surface area contributed by atoms with E-state index in [1.165, 1.54) is 0 Å². The average Bonchev–Trinajstić information content (AvgIpc) is 2.84. The number of amides is 1. The van der Waals surface area contributed by atoms with E-state index in [-0.39, 0.29) is 31.3 Å². The van der Waals surface area contributed by atoms with Crippen molar-refractivity contribution in [1.29, 1.82) is 0 Å². The van der Waals surface area contributed by atoms with Crippen molar-refractivity contribution < 1.29 is 28.8 Å². The van der Waals surface area contributed by atoms with Crippen molar-refractivity contribution >= 4 is 5.91 Å². The van der Waals surface area contributed by atoms with Gasteiger partial charge in [-0.15, -0.1) is 0 Å². The van der Waals surface area contributed by atoms with E-state index in [0.717, 1.165) is 23.1 Å². The Morgan fingerprint density at radius 2 is 1.75 bits per heavy atom. The van der Waals surface area contributed by atoms with Crippen molar-refractivity contribution in [3.63, 3.8) is 0 Å². The van der Waals surface area contributed by atoms with Crippen LogP contribution in [0.2, 0.25) is 0 Å². The third kappa shape index (κ3) is 4.60. The largest absolute Gasteiger partial charge is 0.493 e. The summed E-state index contributed by atoms with van der Waals surface area (Å²) in [7, 11) is 3.20. The number of nitrogens with zero attached hydrogens (tertiary/aromatic N) is 1. The van der Waals surface area contributed by atoms with Gasteiger partial charge in [-0.25, -0.2) is 0 Å². The molecule has 1 amide bonds. The molecule has 2 aromatic carbocycles. The lowest BCUT2D eigenvalue weighted by Gasteiger charge is -2.42. The maximum Gasteiger partial charge on any atom is 0.228 e. The Labute approximate surface area is 188 Å². The van der Waals surface area contributed by atoms with Crippen LogP contribution in [0, 0.1) is 0 Å². The number of hydrogen-bond donors (Lipinski definition) is 1. The molecule has 2 aromatic rings. The summed E-state index contributed by atoms with van der Waals surface area (Å²) in [5.41, 5.74) is 2.83. The summed E-state index contributed by atoms with van der Waals surface area (Å²) >= 11 is 0. The van der Waals surface area contributed by atoms with E-state index in [1.807, 2.05) is 47.4 Å². The van der Waals surface area contributed by atoms with Crippen molar-refractivity contribution in [1.82, 2.24) is 4.90 Å². The molecule has 7 heteroatoms. The molecular formula is C25H31NO6. The van der Waals surface area contributed by atoms with E-state index in [1.54, 1.807) is 14.2 Å². The molecule has 0 saturated carbocycles. The Kier molecular flexibility index (Phi) is 7.29. The van der Waals surface area contributed by atoms with Crippen LogP contribution in [0.5, 0.6) is 11.5 Å². The SMILES string of the molecule is COc1cc2c(cc1OC)[C@H](CCC1OCCCO1)N([C@@H](CO)c1ccccc1)C(=O)C2. The number of aliphatic hydroxyl groups excluding tert-OH is 1. The molecule has 0 unspecified atom stereocenters. The fraction of sp³-hybridized carbons (Fsp3) is 0.480. The zero-order valence-electron chi connectivity index (χ0n) is 18.7. The first-order chi connectivity index (χ1) is 15.7. The minimum Gasteiger partial charge on any atom is -0.493 e. The number of ether oxygens (including phenoxy) is 4. The van der Waals surface area contributed by atoms with Gasteiger partial charge >= 0.3 is 0 Å². The second-order valence-corrected chi connectivity index (χ2v) is 8.11. The lowest BCUT2D eigenvalue weighted by atomic mass is 9.86. The van der Waals surface area contributed by atoms with Crippen molar-refractivity contribution in [2.24, 2.45) is 0 Å². The first-order valence-corrected chi connectivity index (χ1v) is 11.1. The Hall–Kier alpha value is -2.61. The highest BCUT2D eigenvalue weighted by molar-refractivity contribution is 5.83. The highest BCUT2D eigenvalue weighted by atomic mass is 16.7. The van der Waals surface area contributed by atoms with Crippen LogP contribution < -0.4 is 9.47 Å². The Morgan fingerprint density at radius 1 is 1.06 bits per heavy atom. The molecule has 0 bridgehead atoms. The van der Waals surface area contributed by atoms with E-state index in [2.05, 4.69) is 0 Å². The number of methoxy groups -OCH3 is 2. The zero-order chi connectivity index (χ0) is 22.5. The molecule has 4 rings (SSSR count). The first kappa shape index (κ1) is 22.6. The van der Waals surface area contributed by atoms with Crippen molar-refractivity contribution in [2.75, 3.05) is 34.0 Å². The van der Waals surface area contributed by atoms with Gasteiger partial charge in [-0.3, -0.25) is 4.79 Å². The predicted molar refractivity (Wildman–Crippen MR) is 119 cm³/mol. The minimum atomic E-state index is -0.442. The number of hydrogen-bond acceptors (Lipinski definition) is 6. The third-order valence-electron chi connectivity index (χ3n) is 6.23. The summed E-state index contributed by atoms with van der Waals surface area (Å²) in [5, 5.41) is 10.3. The lowest BCUT2D eigenvalue weighted by Crippen LogP contribution is -2.44. The molecule has 172 valence electrons. The molecule has 2 atom stereocenters. The van der Waals surface area contributed by atoms with Crippen molar-refractivity contribution in [3.05, 3.63) is 59.2 Å². The maximum absolute atomic E-state index is 13.4. The highest BCUT2D eigenvalue weighted by Crippen LogP contribution is 2.43. The standard InChI is InChI=1S/C25H31NO6/c1-29-22-13-18-14-24(28)26(21(16-27)17-7-4-3-5-8-17)20(19(18)15-23(22)30-2)9-10-25-31-11-6-12-32-25/h3-5,7-8,13,15,20-21,25,27H,6,9-12,14,16H2,1-2H3/t20-,21-/m0/s1. The van der Waals surface area contributed by atoms with E-state index >= 15 is 0 Å². The molecule has 0 spiro atoms. The Balaban J connectivity index is 1.72. The first-order valence-electron chi connectivity index (χ1n) is 11.1. The van der Waals surface area contributed by atoms with Gasteiger partial charge in [0.05, 0.1) is 52.5 Å². The number of fused-ring (bicyclic) bond motifs is 1. The smallest absolute Gasteiger partial charge is 0.228 e. The molecule has 2 heterocycles. The van der Waals surface area contributed by atoms with Crippen LogP contribution >= 0.6 is 0 Å². The van der Waals surface area contributed by atoms with Gasteiger partial charge in [0, 0.05) is 6.42 Å². The zero-order valence-corrected chi connectivity index (χ0v) is 18.7. The Morgan fingerprint density at radius 3 is 2.41 bits per heavy atom.